The van der Waals surface area contributed by atoms with Crippen molar-refractivity contribution < 1.29 is 9.53 Å². The molecule has 3 rings (SSSR count). The summed E-state index contributed by atoms with van der Waals surface area (Å²) in [6.07, 6.45) is 2.51. The van der Waals surface area contributed by atoms with Crippen molar-refractivity contribution in [1.29, 1.82) is 0 Å². The molecule has 0 saturated heterocycles. The Bertz CT molecular complexity index is 664. The van der Waals surface area contributed by atoms with Gasteiger partial charge < -0.3 is 10.1 Å². The molecule has 22 heavy (non-hydrogen) atoms. The maximum absolute atomic E-state index is 12.5. The van der Waals surface area contributed by atoms with Crippen molar-refractivity contribution in [3.05, 3.63) is 68.9 Å². The minimum absolute atomic E-state index is 0.0329. The largest absolute Gasteiger partial charge is 0.377 e. The van der Waals surface area contributed by atoms with Gasteiger partial charge >= 0.3 is 0 Å². The molecule has 0 fully saturated rings. The molecule has 2 heterocycles. The zero-order valence-corrected chi connectivity index (χ0v) is 13.5. The Hall–Kier alpha value is -1.62. The van der Waals surface area contributed by atoms with E-state index in [4.69, 9.17) is 16.3 Å². The number of ether oxygens (including phenoxy) is 1. The van der Waals surface area contributed by atoms with E-state index in [1.165, 1.54) is 0 Å². The quantitative estimate of drug-likeness (QED) is 0.920. The van der Waals surface area contributed by atoms with Crippen LogP contribution in [0.3, 0.4) is 0 Å². The molecule has 1 aliphatic heterocycles. The summed E-state index contributed by atoms with van der Waals surface area (Å²) in [5, 5.41) is 7.88. The number of hydrogen-bond donors (Lipinski definition) is 1. The van der Waals surface area contributed by atoms with Gasteiger partial charge in [0.2, 0.25) is 5.91 Å². The molecule has 0 bridgehead atoms. The summed E-state index contributed by atoms with van der Waals surface area (Å²) in [4.78, 5) is 12.5. The van der Waals surface area contributed by atoms with Crippen LogP contribution in [0.25, 0.3) is 0 Å². The number of halogens is 1. The summed E-state index contributed by atoms with van der Waals surface area (Å²) in [5.74, 6) is -0.0329. The van der Waals surface area contributed by atoms with Gasteiger partial charge in [0.25, 0.3) is 0 Å². The summed E-state index contributed by atoms with van der Waals surface area (Å²) in [6, 6.07) is 9.45. The lowest BCUT2D eigenvalue weighted by Gasteiger charge is -2.21. The third-order valence-electron chi connectivity index (χ3n) is 3.61. The average Bonchev–Trinajstić information content (AvgIpc) is 3.08. The smallest absolute Gasteiger partial charge is 0.247 e. The second-order valence-corrected chi connectivity index (χ2v) is 6.29. The number of carbonyl (C=O) groups is 1. The molecule has 1 aliphatic rings. The highest BCUT2D eigenvalue weighted by Crippen LogP contribution is 2.26. The van der Waals surface area contributed by atoms with Gasteiger partial charge in [0.15, 0.2) is 0 Å². The fourth-order valence-electron chi connectivity index (χ4n) is 2.41. The van der Waals surface area contributed by atoms with E-state index in [0.29, 0.717) is 24.7 Å². The Balaban J connectivity index is 1.84. The molecule has 1 N–H and O–H groups in total. The van der Waals surface area contributed by atoms with Crippen LogP contribution in [0.15, 0.2) is 52.7 Å². The Labute approximate surface area is 138 Å². The van der Waals surface area contributed by atoms with Crippen LogP contribution < -0.4 is 5.32 Å². The van der Waals surface area contributed by atoms with Crippen molar-refractivity contribution in [3.63, 3.8) is 0 Å². The third kappa shape index (κ3) is 3.58. The predicted octanol–water partition coefficient (Wildman–Crippen LogP) is 3.95. The van der Waals surface area contributed by atoms with Crippen LogP contribution in [0.1, 0.15) is 23.6 Å². The van der Waals surface area contributed by atoms with Gasteiger partial charge in [-0.05, 0) is 40.1 Å². The summed E-state index contributed by atoms with van der Waals surface area (Å²) in [5.41, 5.74) is 2.89. The van der Waals surface area contributed by atoms with Crippen LogP contribution in [0.4, 0.5) is 0 Å². The molecule has 1 aromatic heterocycles. The molecule has 0 aliphatic carbocycles. The van der Waals surface area contributed by atoms with E-state index in [9.17, 15) is 4.79 Å². The highest BCUT2D eigenvalue weighted by atomic mass is 35.5. The van der Waals surface area contributed by atoms with E-state index in [1.807, 2.05) is 41.8 Å². The molecule has 1 atom stereocenters. The predicted molar refractivity (Wildman–Crippen MR) is 89.3 cm³/mol. The van der Waals surface area contributed by atoms with E-state index in [2.05, 4.69) is 10.7 Å². The van der Waals surface area contributed by atoms with Crippen molar-refractivity contribution in [2.24, 2.45) is 0 Å². The Morgan fingerprint density at radius 3 is 2.68 bits per heavy atom. The molecule has 0 unspecified atom stereocenters. The minimum atomic E-state index is -0.167. The Kier molecular flexibility index (Phi) is 4.93. The van der Waals surface area contributed by atoms with Gasteiger partial charge in [0.1, 0.15) is 0 Å². The number of benzene rings is 1. The van der Waals surface area contributed by atoms with Gasteiger partial charge in [0.05, 0.1) is 19.3 Å². The fraction of sp³-hybridized carbons (Fsp3) is 0.235. The normalized spacial score (nSPS) is 16.0. The lowest BCUT2D eigenvalue weighted by atomic mass is 10.0. The van der Waals surface area contributed by atoms with Crippen LogP contribution in [0.2, 0.25) is 5.02 Å². The molecule has 114 valence electrons. The van der Waals surface area contributed by atoms with Gasteiger partial charge in [0, 0.05) is 17.0 Å². The van der Waals surface area contributed by atoms with Gasteiger partial charge in [-0.2, -0.15) is 11.3 Å². The van der Waals surface area contributed by atoms with Crippen molar-refractivity contribution in [3.8, 4) is 0 Å². The molecule has 1 aromatic carbocycles. The molecule has 0 radical (unpaired) electrons. The zero-order chi connectivity index (χ0) is 15.4. The first-order valence-corrected chi connectivity index (χ1v) is 8.41. The van der Waals surface area contributed by atoms with E-state index in [-0.39, 0.29) is 11.9 Å². The highest BCUT2D eigenvalue weighted by molar-refractivity contribution is 7.08. The van der Waals surface area contributed by atoms with Crippen molar-refractivity contribution in [2.75, 3.05) is 13.2 Å². The molecule has 1 amide bonds. The number of rotatable bonds is 4. The number of amides is 1. The first-order chi connectivity index (χ1) is 10.7. The number of carbonyl (C=O) groups excluding carboxylic acids is 1. The summed E-state index contributed by atoms with van der Waals surface area (Å²) in [7, 11) is 0. The average molecular weight is 334 g/mol. The van der Waals surface area contributed by atoms with Gasteiger partial charge in [-0.25, -0.2) is 0 Å². The maximum atomic E-state index is 12.5. The van der Waals surface area contributed by atoms with E-state index >= 15 is 0 Å². The summed E-state index contributed by atoms with van der Waals surface area (Å²) in [6.45, 7) is 1.11. The third-order valence-corrected chi connectivity index (χ3v) is 4.56. The van der Waals surface area contributed by atoms with E-state index in [1.54, 1.807) is 11.3 Å². The number of thiophene rings is 1. The molecule has 5 heteroatoms. The van der Waals surface area contributed by atoms with Crippen molar-refractivity contribution in [1.82, 2.24) is 5.32 Å². The van der Waals surface area contributed by atoms with Crippen LogP contribution >= 0.6 is 22.9 Å². The van der Waals surface area contributed by atoms with E-state index in [0.717, 1.165) is 16.7 Å². The monoisotopic (exact) mass is 333 g/mol. The van der Waals surface area contributed by atoms with Crippen LogP contribution in [0.5, 0.6) is 0 Å². The Morgan fingerprint density at radius 2 is 2.05 bits per heavy atom. The Morgan fingerprint density at radius 1 is 1.23 bits per heavy atom. The molecule has 0 saturated carbocycles. The zero-order valence-electron chi connectivity index (χ0n) is 11.9. The van der Waals surface area contributed by atoms with Crippen LogP contribution in [0, 0.1) is 0 Å². The molecule has 0 spiro atoms. The topological polar surface area (TPSA) is 38.3 Å². The van der Waals surface area contributed by atoms with E-state index < -0.39 is 0 Å². The highest BCUT2D eigenvalue weighted by Gasteiger charge is 2.20. The standard InChI is InChI=1S/C17H16ClNO2S/c18-15-3-1-12(2-4-15)16(14-7-10-22-11-14)19-17(20)13-5-8-21-9-6-13/h1-5,7,10-11,16H,6,8-9H2,(H,19,20)/t16-/m1/s1. The molecule has 3 nitrogen and oxygen atoms in total. The summed E-state index contributed by atoms with van der Waals surface area (Å²) >= 11 is 7.58. The SMILES string of the molecule is O=C(N[C@H](c1ccc(Cl)cc1)c1ccsc1)C1=CCOCC1. The van der Waals surface area contributed by atoms with Gasteiger partial charge in [-0.3, -0.25) is 4.79 Å². The van der Waals surface area contributed by atoms with Crippen molar-refractivity contribution in [2.45, 2.75) is 12.5 Å². The first-order valence-electron chi connectivity index (χ1n) is 7.09. The van der Waals surface area contributed by atoms with Gasteiger partial charge in [-0.15, -0.1) is 0 Å². The summed E-state index contributed by atoms with van der Waals surface area (Å²) < 4.78 is 5.26. The van der Waals surface area contributed by atoms with Crippen molar-refractivity contribution >= 4 is 28.8 Å². The fourth-order valence-corrected chi connectivity index (χ4v) is 3.22. The second kappa shape index (κ2) is 7.09. The minimum Gasteiger partial charge on any atom is -0.377 e. The second-order valence-electron chi connectivity index (χ2n) is 5.07. The molecule has 2 aromatic rings. The number of nitrogens with one attached hydrogen (secondary N) is 1. The molecular formula is C17H16ClNO2S. The molecular weight excluding hydrogens is 318 g/mol. The first kappa shape index (κ1) is 15.3. The van der Waals surface area contributed by atoms with Crippen LogP contribution in [-0.2, 0) is 9.53 Å². The van der Waals surface area contributed by atoms with Gasteiger partial charge in [-0.1, -0.05) is 29.8 Å². The lowest BCUT2D eigenvalue weighted by molar-refractivity contribution is -0.118. The maximum Gasteiger partial charge on any atom is 0.247 e. The lowest BCUT2D eigenvalue weighted by Crippen LogP contribution is -2.31. The number of hydrogen-bond acceptors (Lipinski definition) is 3. The van der Waals surface area contributed by atoms with Crippen LogP contribution in [-0.4, -0.2) is 19.1 Å².